The Morgan fingerprint density at radius 1 is 0.756 bits per heavy atom. The largest absolute Gasteiger partial charge is 0.469 e. The fourth-order valence-corrected chi connectivity index (χ4v) is 11.9. The second-order valence-corrected chi connectivity index (χ2v) is 16.8. The van der Waals surface area contributed by atoms with Crippen molar-refractivity contribution in [2.45, 2.75) is 132 Å². The molecule has 11 atom stereocenters. The Morgan fingerprint density at radius 3 is 2.00 bits per heavy atom. The zero-order valence-corrected chi connectivity index (χ0v) is 29.3. The first-order valence-electron chi connectivity index (χ1n) is 17.1. The Hall–Kier alpha value is -2.38. The highest BCUT2D eigenvalue weighted by molar-refractivity contribution is 5.77. The van der Waals surface area contributed by atoms with E-state index in [0.29, 0.717) is 18.8 Å². The van der Waals surface area contributed by atoms with Gasteiger partial charge in [0.15, 0.2) is 0 Å². The lowest BCUT2D eigenvalue weighted by atomic mass is 9.33. The highest BCUT2D eigenvalue weighted by atomic mass is 16.6. The molecule has 0 saturated heterocycles. The van der Waals surface area contributed by atoms with Crippen molar-refractivity contribution in [1.29, 1.82) is 0 Å². The number of carbonyl (C=O) groups is 4. The van der Waals surface area contributed by atoms with Crippen molar-refractivity contribution in [1.82, 2.24) is 0 Å². The predicted octanol–water partition coefficient (Wildman–Crippen LogP) is 6.98. The quantitative estimate of drug-likeness (QED) is 0.183. The van der Waals surface area contributed by atoms with Crippen LogP contribution in [0.3, 0.4) is 0 Å². The molecule has 0 aromatic rings. The van der Waals surface area contributed by atoms with Crippen molar-refractivity contribution < 1.29 is 38.1 Å². The van der Waals surface area contributed by atoms with Crippen molar-refractivity contribution >= 4 is 23.9 Å². The van der Waals surface area contributed by atoms with Gasteiger partial charge in [0.05, 0.1) is 12.5 Å². The second-order valence-electron chi connectivity index (χ2n) is 16.8. The Labute approximate surface area is 269 Å². The molecule has 0 unspecified atom stereocenters. The van der Waals surface area contributed by atoms with E-state index in [0.717, 1.165) is 44.9 Å². The SMILES string of the molecule is COC(=O)[C@@]1(C)C[C@H](OC(C)=O)[C@]2(C)CC[C@]3(C)C(=CC[C@@H]4[C@@]5(C)CC[C@H](OC(C)=O)[C@](C)(COC(C)=O)[C@@H]5CC[C@]43C)[C@@H]2C1. The summed E-state index contributed by atoms with van der Waals surface area (Å²) in [4.78, 5) is 49.8. The van der Waals surface area contributed by atoms with Crippen molar-refractivity contribution in [3.05, 3.63) is 11.6 Å². The van der Waals surface area contributed by atoms with Crippen molar-refractivity contribution in [2.24, 2.45) is 50.2 Å². The summed E-state index contributed by atoms with van der Waals surface area (Å²) in [6.07, 6.45) is 9.49. The smallest absolute Gasteiger partial charge is 0.311 e. The minimum absolute atomic E-state index is 0.00365. The van der Waals surface area contributed by atoms with Gasteiger partial charge >= 0.3 is 23.9 Å². The van der Waals surface area contributed by atoms with E-state index in [1.165, 1.54) is 33.5 Å². The molecule has 8 heteroatoms. The van der Waals surface area contributed by atoms with E-state index in [-0.39, 0.29) is 76.2 Å². The van der Waals surface area contributed by atoms with Crippen molar-refractivity contribution in [3.63, 3.8) is 0 Å². The van der Waals surface area contributed by atoms with Crippen LogP contribution in [0.1, 0.15) is 120 Å². The van der Waals surface area contributed by atoms with Crippen molar-refractivity contribution in [3.8, 4) is 0 Å². The molecule has 0 spiro atoms. The molecular weight excluding hydrogens is 572 g/mol. The first-order chi connectivity index (χ1) is 20.8. The number of carbonyl (C=O) groups excluding carboxylic acids is 4. The minimum Gasteiger partial charge on any atom is -0.469 e. The summed E-state index contributed by atoms with van der Waals surface area (Å²) in [5.74, 6) is -0.448. The van der Waals surface area contributed by atoms with Crippen LogP contribution in [0.2, 0.25) is 0 Å². The summed E-state index contributed by atoms with van der Waals surface area (Å²) in [5.41, 5.74) is -0.201. The number of methoxy groups -OCH3 is 1. The molecule has 0 heterocycles. The van der Waals surface area contributed by atoms with Crippen LogP contribution in [-0.4, -0.2) is 49.8 Å². The lowest BCUT2D eigenvalue weighted by Gasteiger charge is -2.71. The van der Waals surface area contributed by atoms with Gasteiger partial charge < -0.3 is 18.9 Å². The van der Waals surface area contributed by atoms with Gasteiger partial charge in [-0.1, -0.05) is 46.3 Å². The topological polar surface area (TPSA) is 105 Å². The Morgan fingerprint density at radius 2 is 1.40 bits per heavy atom. The van der Waals surface area contributed by atoms with Crippen LogP contribution in [0.4, 0.5) is 0 Å². The lowest BCUT2D eigenvalue weighted by molar-refractivity contribution is -0.229. The average Bonchev–Trinajstić information content (AvgIpc) is 2.94. The molecule has 0 amide bonds. The third-order valence-electron chi connectivity index (χ3n) is 14.5. The van der Waals surface area contributed by atoms with Crippen LogP contribution in [0.5, 0.6) is 0 Å². The number of esters is 4. The highest BCUT2D eigenvalue weighted by Crippen LogP contribution is 2.76. The van der Waals surface area contributed by atoms with Crippen LogP contribution in [-0.2, 0) is 38.1 Å². The molecule has 5 aliphatic rings. The Balaban J connectivity index is 1.56. The molecule has 45 heavy (non-hydrogen) atoms. The molecule has 0 radical (unpaired) electrons. The summed E-state index contributed by atoms with van der Waals surface area (Å²) >= 11 is 0. The first kappa shape index (κ1) is 34.0. The summed E-state index contributed by atoms with van der Waals surface area (Å²) in [5, 5.41) is 0. The third-order valence-corrected chi connectivity index (χ3v) is 14.5. The summed E-state index contributed by atoms with van der Waals surface area (Å²) < 4.78 is 23.0. The van der Waals surface area contributed by atoms with Crippen molar-refractivity contribution in [2.75, 3.05) is 13.7 Å². The van der Waals surface area contributed by atoms with Gasteiger partial charge in [-0.15, -0.1) is 0 Å². The van der Waals surface area contributed by atoms with Gasteiger partial charge in [0, 0.05) is 38.0 Å². The van der Waals surface area contributed by atoms with E-state index in [9.17, 15) is 19.2 Å². The maximum Gasteiger partial charge on any atom is 0.311 e. The Kier molecular flexibility index (Phi) is 8.39. The monoisotopic (exact) mass is 628 g/mol. The number of rotatable bonds is 5. The number of ether oxygens (including phenoxy) is 4. The lowest BCUT2D eigenvalue weighted by Crippen LogP contribution is -2.66. The molecule has 8 nitrogen and oxygen atoms in total. The molecule has 5 aliphatic carbocycles. The van der Waals surface area contributed by atoms with E-state index in [4.69, 9.17) is 18.9 Å². The van der Waals surface area contributed by atoms with Gasteiger partial charge in [-0.05, 0) is 92.3 Å². The zero-order chi connectivity index (χ0) is 33.4. The van der Waals surface area contributed by atoms with Gasteiger partial charge in [-0.2, -0.15) is 0 Å². The fourth-order valence-electron chi connectivity index (χ4n) is 11.9. The van der Waals surface area contributed by atoms with E-state index < -0.39 is 10.8 Å². The molecule has 0 N–H and O–H groups in total. The second kappa shape index (κ2) is 11.1. The maximum absolute atomic E-state index is 13.2. The molecule has 0 bridgehead atoms. The van der Waals surface area contributed by atoms with Crippen LogP contribution in [0, 0.1) is 50.2 Å². The number of fused-ring (bicyclic) bond motifs is 7. The number of hydrogen-bond donors (Lipinski definition) is 0. The molecule has 4 saturated carbocycles. The van der Waals surface area contributed by atoms with Crippen LogP contribution in [0.25, 0.3) is 0 Å². The van der Waals surface area contributed by atoms with E-state index in [2.05, 4.69) is 40.7 Å². The average molecular weight is 629 g/mol. The van der Waals surface area contributed by atoms with Gasteiger partial charge in [0.1, 0.15) is 18.8 Å². The fraction of sp³-hybridized carbons (Fsp3) is 0.838. The van der Waals surface area contributed by atoms with E-state index >= 15 is 0 Å². The first-order valence-corrected chi connectivity index (χ1v) is 17.1. The molecular formula is C37H56O8. The summed E-state index contributed by atoms with van der Waals surface area (Å²) in [6.45, 7) is 18.4. The maximum atomic E-state index is 13.2. The predicted molar refractivity (Wildman–Crippen MR) is 169 cm³/mol. The third kappa shape index (κ3) is 4.97. The summed E-state index contributed by atoms with van der Waals surface area (Å²) in [7, 11) is 1.45. The molecule has 5 rings (SSSR count). The molecule has 4 fully saturated rings. The normalized spacial score (nSPS) is 47.0. The standard InChI is InChI=1S/C37H56O8/c1-22(38)43-21-35(7)27-13-16-37(9)28(34(27,6)15-14-29(35)44-23(2)39)12-11-25-26-19-32(4,31(41)42-10)20-30(45-24(3)40)33(26,5)17-18-36(25,37)8/h11,26-30H,12-21H2,1-10H3/t26-,27+,28+,29-,30-,32+,33+,34-,35+,36+,37+/m0/s1. The zero-order valence-electron chi connectivity index (χ0n) is 29.3. The summed E-state index contributed by atoms with van der Waals surface area (Å²) in [6, 6.07) is 0. The van der Waals surface area contributed by atoms with Crippen LogP contribution >= 0.6 is 0 Å². The van der Waals surface area contributed by atoms with E-state index in [1.54, 1.807) is 0 Å². The van der Waals surface area contributed by atoms with E-state index in [1.807, 2.05) is 6.92 Å². The minimum atomic E-state index is -0.743. The molecule has 252 valence electrons. The number of hydrogen-bond acceptors (Lipinski definition) is 8. The van der Waals surface area contributed by atoms with Gasteiger partial charge in [-0.25, -0.2) is 0 Å². The van der Waals surface area contributed by atoms with Gasteiger partial charge in [0.2, 0.25) is 0 Å². The van der Waals surface area contributed by atoms with Crippen LogP contribution < -0.4 is 0 Å². The van der Waals surface area contributed by atoms with Crippen LogP contribution in [0.15, 0.2) is 11.6 Å². The molecule has 0 aromatic carbocycles. The molecule has 0 aliphatic heterocycles. The number of allylic oxidation sites excluding steroid dienone is 2. The molecule has 0 aromatic heterocycles. The van der Waals surface area contributed by atoms with Gasteiger partial charge in [-0.3, -0.25) is 19.2 Å². The Bertz CT molecular complexity index is 1290. The highest BCUT2D eigenvalue weighted by Gasteiger charge is 2.70. The van der Waals surface area contributed by atoms with Gasteiger partial charge in [0.25, 0.3) is 0 Å².